The predicted octanol–water partition coefficient (Wildman–Crippen LogP) is 3.16. The van der Waals surface area contributed by atoms with Crippen molar-refractivity contribution in [3.05, 3.63) is 46.8 Å². The van der Waals surface area contributed by atoms with Gasteiger partial charge in [0.2, 0.25) is 0 Å². The van der Waals surface area contributed by atoms with Gasteiger partial charge in [0.1, 0.15) is 11.5 Å². The number of methoxy groups -OCH3 is 1. The Bertz CT molecular complexity index is 592. The van der Waals surface area contributed by atoms with E-state index in [0.717, 1.165) is 36.6 Å². The predicted molar refractivity (Wildman–Crippen MR) is 76.8 cm³/mol. The molecule has 1 aromatic carbocycles. The van der Waals surface area contributed by atoms with Gasteiger partial charge in [-0.05, 0) is 49.4 Å². The Morgan fingerprint density at radius 1 is 1.40 bits per heavy atom. The molecule has 1 unspecified atom stereocenters. The van der Waals surface area contributed by atoms with Crippen molar-refractivity contribution in [3.8, 4) is 5.75 Å². The summed E-state index contributed by atoms with van der Waals surface area (Å²) in [5.74, 6) is 1.78. The lowest BCUT2D eigenvalue weighted by Gasteiger charge is -2.26. The molecule has 0 saturated heterocycles. The maximum Gasteiger partial charge on any atom is 0.133 e. The zero-order valence-corrected chi connectivity index (χ0v) is 12.0. The molecule has 1 aliphatic carbocycles. The summed E-state index contributed by atoms with van der Waals surface area (Å²) in [6, 6.07) is 8.72. The topological polar surface area (TPSA) is 47.3 Å². The van der Waals surface area contributed by atoms with Gasteiger partial charge in [0, 0.05) is 18.7 Å². The van der Waals surface area contributed by atoms with Crippen LogP contribution in [0.25, 0.3) is 0 Å². The first-order chi connectivity index (χ1) is 9.76. The Hall–Kier alpha value is -1.81. The van der Waals surface area contributed by atoms with Crippen LogP contribution < -0.4 is 10.1 Å². The maximum absolute atomic E-state index is 5.34. The minimum absolute atomic E-state index is 0.367. The lowest BCUT2D eigenvalue weighted by atomic mass is 9.87. The maximum atomic E-state index is 5.34. The van der Waals surface area contributed by atoms with E-state index in [1.54, 1.807) is 7.11 Å². The second-order valence-electron chi connectivity index (χ2n) is 5.32. The number of ether oxygens (including phenoxy) is 1. The molecule has 4 nitrogen and oxygen atoms in total. The molecule has 1 N–H and O–H groups in total. The summed E-state index contributed by atoms with van der Waals surface area (Å²) in [4.78, 5) is 0. The van der Waals surface area contributed by atoms with Crippen LogP contribution in [0, 0.1) is 6.92 Å². The average Bonchev–Trinajstić information content (AvgIpc) is 2.90. The molecule has 1 aliphatic rings. The van der Waals surface area contributed by atoms with Crippen molar-refractivity contribution in [2.45, 2.75) is 38.8 Å². The Labute approximate surface area is 119 Å². The van der Waals surface area contributed by atoms with E-state index in [2.05, 4.69) is 22.6 Å². The van der Waals surface area contributed by atoms with Crippen LogP contribution in [0.3, 0.4) is 0 Å². The van der Waals surface area contributed by atoms with Crippen molar-refractivity contribution < 1.29 is 9.26 Å². The third kappa shape index (κ3) is 2.70. The van der Waals surface area contributed by atoms with Crippen molar-refractivity contribution in [1.82, 2.24) is 10.5 Å². The van der Waals surface area contributed by atoms with E-state index in [9.17, 15) is 0 Å². The van der Waals surface area contributed by atoms with Gasteiger partial charge in [-0.25, -0.2) is 0 Å². The zero-order valence-electron chi connectivity index (χ0n) is 12.0. The van der Waals surface area contributed by atoms with Crippen LogP contribution in [0.4, 0.5) is 0 Å². The van der Waals surface area contributed by atoms with E-state index in [-0.39, 0.29) is 0 Å². The number of nitrogens with one attached hydrogen (secondary N) is 1. The smallest absolute Gasteiger partial charge is 0.133 e. The van der Waals surface area contributed by atoms with Gasteiger partial charge in [0.15, 0.2) is 0 Å². The quantitative estimate of drug-likeness (QED) is 0.928. The molecule has 2 aromatic rings. The lowest BCUT2D eigenvalue weighted by molar-refractivity contribution is 0.381. The molecule has 1 atom stereocenters. The van der Waals surface area contributed by atoms with E-state index < -0.39 is 0 Å². The highest BCUT2D eigenvalue weighted by molar-refractivity contribution is 5.39. The van der Waals surface area contributed by atoms with E-state index in [1.807, 2.05) is 19.1 Å². The second kappa shape index (κ2) is 5.67. The fourth-order valence-corrected chi connectivity index (χ4v) is 2.85. The fourth-order valence-electron chi connectivity index (χ4n) is 2.85. The molecule has 1 aromatic heterocycles. The minimum Gasteiger partial charge on any atom is -0.497 e. The Morgan fingerprint density at radius 2 is 2.30 bits per heavy atom. The van der Waals surface area contributed by atoms with Crippen molar-refractivity contribution >= 4 is 0 Å². The molecule has 0 amide bonds. The van der Waals surface area contributed by atoms with Crippen molar-refractivity contribution in [2.24, 2.45) is 0 Å². The Kier molecular flexibility index (Phi) is 3.74. The number of hydrogen-bond donors (Lipinski definition) is 1. The molecule has 1 heterocycles. The van der Waals surface area contributed by atoms with Crippen LogP contribution in [0.15, 0.2) is 28.8 Å². The summed E-state index contributed by atoms with van der Waals surface area (Å²) < 4.78 is 10.4. The van der Waals surface area contributed by atoms with Crippen molar-refractivity contribution in [3.63, 3.8) is 0 Å². The first-order valence-electron chi connectivity index (χ1n) is 7.08. The van der Waals surface area contributed by atoms with Crippen molar-refractivity contribution in [2.75, 3.05) is 7.11 Å². The molecule has 3 rings (SSSR count). The fraction of sp³-hybridized carbons (Fsp3) is 0.438. The Morgan fingerprint density at radius 3 is 3.05 bits per heavy atom. The summed E-state index contributed by atoms with van der Waals surface area (Å²) in [6.45, 7) is 2.65. The molecule has 0 aliphatic heterocycles. The van der Waals surface area contributed by atoms with Crippen LogP contribution in [0.1, 0.15) is 41.5 Å². The van der Waals surface area contributed by atoms with Gasteiger partial charge in [-0.1, -0.05) is 11.2 Å². The molecule has 0 fully saturated rings. The highest BCUT2D eigenvalue weighted by atomic mass is 16.5. The van der Waals surface area contributed by atoms with E-state index in [1.165, 1.54) is 17.5 Å². The number of aryl methyl sites for hydroxylation is 2. The Balaban J connectivity index is 1.75. The SMILES string of the molecule is COc1ccc2c(c1)C(NCc1cc(C)on1)CCC2. The third-order valence-corrected chi connectivity index (χ3v) is 3.87. The summed E-state index contributed by atoms with van der Waals surface area (Å²) in [6.07, 6.45) is 3.52. The van der Waals surface area contributed by atoms with E-state index in [4.69, 9.17) is 9.26 Å². The van der Waals surface area contributed by atoms with Gasteiger partial charge in [0.05, 0.1) is 12.8 Å². The molecule has 106 valence electrons. The number of aromatic nitrogens is 1. The summed E-state index contributed by atoms with van der Waals surface area (Å²) in [5.41, 5.74) is 3.74. The summed E-state index contributed by atoms with van der Waals surface area (Å²) >= 11 is 0. The van der Waals surface area contributed by atoms with Gasteiger partial charge >= 0.3 is 0 Å². The first-order valence-corrected chi connectivity index (χ1v) is 7.08. The summed E-state index contributed by atoms with van der Waals surface area (Å²) in [7, 11) is 1.71. The molecule has 0 saturated carbocycles. The van der Waals surface area contributed by atoms with Crippen molar-refractivity contribution in [1.29, 1.82) is 0 Å². The minimum atomic E-state index is 0.367. The summed E-state index contributed by atoms with van der Waals surface area (Å²) in [5, 5.41) is 7.61. The lowest BCUT2D eigenvalue weighted by Crippen LogP contribution is -2.25. The number of hydrogen-bond acceptors (Lipinski definition) is 4. The van der Waals surface area contributed by atoms with Gasteiger partial charge < -0.3 is 14.6 Å². The standard InChI is InChI=1S/C16H20N2O2/c1-11-8-13(18-20-11)10-17-16-5-3-4-12-6-7-14(19-2)9-15(12)16/h6-9,16-17H,3-5,10H2,1-2H3. The van der Waals surface area contributed by atoms with Crippen LogP contribution in [0.5, 0.6) is 5.75 Å². The van der Waals surface area contributed by atoms with Gasteiger partial charge in [-0.2, -0.15) is 0 Å². The molecule has 0 bridgehead atoms. The number of fused-ring (bicyclic) bond motifs is 1. The number of nitrogens with zero attached hydrogens (tertiary/aromatic N) is 1. The van der Waals surface area contributed by atoms with Crippen LogP contribution in [-0.4, -0.2) is 12.3 Å². The molecule has 0 radical (unpaired) electrons. The monoisotopic (exact) mass is 272 g/mol. The van der Waals surface area contributed by atoms with Crippen LogP contribution in [0.2, 0.25) is 0 Å². The largest absolute Gasteiger partial charge is 0.497 e. The molecule has 4 heteroatoms. The second-order valence-corrected chi connectivity index (χ2v) is 5.32. The van der Waals surface area contributed by atoms with E-state index >= 15 is 0 Å². The third-order valence-electron chi connectivity index (χ3n) is 3.87. The molecular formula is C16H20N2O2. The number of benzene rings is 1. The molecule has 20 heavy (non-hydrogen) atoms. The molecular weight excluding hydrogens is 252 g/mol. The zero-order chi connectivity index (χ0) is 13.9. The van der Waals surface area contributed by atoms with Crippen LogP contribution >= 0.6 is 0 Å². The number of rotatable bonds is 4. The normalized spacial score (nSPS) is 17.8. The van der Waals surface area contributed by atoms with Gasteiger partial charge in [-0.15, -0.1) is 0 Å². The first kappa shape index (κ1) is 13.2. The van der Waals surface area contributed by atoms with Gasteiger partial charge in [0.25, 0.3) is 0 Å². The van der Waals surface area contributed by atoms with Gasteiger partial charge in [-0.3, -0.25) is 0 Å². The highest BCUT2D eigenvalue weighted by Gasteiger charge is 2.20. The highest BCUT2D eigenvalue weighted by Crippen LogP contribution is 2.32. The van der Waals surface area contributed by atoms with Crippen LogP contribution in [-0.2, 0) is 13.0 Å². The van der Waals surface area contributed by atoms with E-state index in [0.29, 0.717) is 6.04 Å². The average molecular weight is 272 g/mol. The molecule has 0 spiro atoms.